The fraction of sp³-hybridized carbons (Fsp3) is 0.231. The van der Waals surface area contributed by atoms with E-state index >= 15 is 0 Å². The second kappa shape index (κ2) is 4.32. The van der Waals surface area contributed by atoms with Crippen LogP contribution in [-0.2, 0) is 0 Å². The number of nitrogens with two attached hydrogens (primary N) is 1. The van der Waals surface area contributed by atoms with E-state index in [2.05, 4.69) is 45.4 Å². The zero-order chi connectivity index (χ0) is 11.1. The highest BCUT2D eigenvalue weighted by molar-refractivity contribution is 5.94. The van der Waals surface area contributed by atoms with E-state index in [1.54, 1.807) is 0 Å². The van der Waals surface area contributed by atoms with Gasteiger partial charge in [0.2, 0.25) is 0 Å². The Bertz CT molecular complexity index is 501. The van der Waals surface area contributed by atoms with Gasteiger partial charge in [0, 0.05) is 17.1 Å². The first-order valence-corrected chi connectivity index (χ1v) is 5.09. The Labute approximate surface area is 103 Å². The van der Waals surface area contributed by atoms with Crippen LogP contribution in [-0.4, -0.2) is 21.1 Å². The molecule has 0 aromatic heterocycles. The number of benzene rings is 2. The molecule has 0 saturated heterocycles. The summed E-state index contributed by atoms with van der Waals surface area (Å²) >= 11 is 0. The Morgan fingerprint density at radius 2 is 1.69 bits per heavy atom. The minimum Gasteiger partial charge on any atom is -1.00 e. The lowest BCUT2D eigenvalue weighted by molar-refractivity contribution is -0.00000329. The molecule has 2 rings (SSSR count). The van der Waals surface area contributed by atoms with Gasteiger partial charge in [-0.25, -0.2) is 0 Å². The number of halogens is 1. The largest absolute Gasteiger partial charge is 1.00 e. The Kier molecular flexibility index (Phi) is 3.46. The van der Waals surface area contributed by atoms with Crippen molar-refractivity contribution >= 4 is 22.1 Å². The van der Waals surface area contributed by atoms with E-state index in [-0.39, 0.29) is 12.4 Å². The Morgan fingerprint density at radius 3 is 2.31 bits per heavy atom. The van der Waals surface area contributed by atoms with Crippen molar-refractivity contribution in [3.05, 3.63) is 36.4 Å². The SMILES string of the molecule is C[N+](C)(C)c1ccc2cccc(N)c2c1.[Cl-]. The average molecular weight is 237 g/mol. The van der Waals surface area contributed by atoms with Crippen LogP contribution in [0.1, 0.15) is 0 Å². The molecule has 2 N–H and O–H groups in total. The molecule has 2 nitrogen and oxygen atoms in total. The number of hydrogen-bond donors (Lipinski definition) is 1. The fourth-order valence-electron chi connectivity index (χ4n) is 1.70. The monoisotopic (exact) mass is 236 g/mol. The molecule has 0 amide bonds. The number of rotatable bonds is 1. The summed E-state index contributed by atoms with van der Waals surface area (Å²) in [5.41, 5.74) is 8.08. The molecule has 0 radical (unpaired) electrons. The van der Waals surface area contributed by atoms with Crippen molar-refractivity contribution in [3.63, 3.8) is 0 Å². The van der Waals surface area contributed by atoms with Gasteiger partial charge in [0.15, 0.2) is 0 Å². The maximum Gasteiger partial charge on any atom is 0.132 e. The van der Waals surface area contributed by atoms with E-state index in [4.69, 9.17) is 5.73 Å². The first-order valence-electron chi connectivity index (χ1n) is 5.09. The molecule has 0 fully saturated rings. The van der Waals surface area contributed by atoms with Gasteiger partial charge in [0.25, 0.3) is 0 Å². The van der Waals surface area contributed by atoms with Gasteiger partial charge < -0.3 is 18.1 Å². The first kappa shape index (κ1) is 12.8. The standard InChI is InChI=1S/C13H17N2.ClH/c1-15(2,3)11-8-7-10-5-4-6-13(14)12(10)9-11;/h4-9H,14H2,1-3H3;1H/q+1;/p-1. The summed E-state index contributed by atoms with van der Waals surface area (Å²) in [5, 5.41) is 2.34. The molecule has 0 aliphatic heterocycles. The van der Waals surface area contributed by atoms with Crippen LogP contribution in [0.3, 0.4) is 0 Å². The summed E-state index contributed by atoms with van der Waals surface area (Å²) in [6, 6.07) is 12.5. The molecular weight excluding hydrogens is 220 g/mol. The lowest BCUT2D eigenvalue weighted by Gasteiger charge is -2.23. The van der Waals surface area contributed by atoms with Gasteiger partial charge in [0.1, 0.15) is 5.69 Å². The van der Waals surface area contributed by atoms with Crippen LogP contribution in [0.25, 0.3) is 10.8 Å². The highest BCUT2D eigenvalue weighted by Gasteiger charge is 2.12. The molecule has 0 unspecified atom stereocenters. The van der Waals surface area contributed by atoms with Crippen LogP contribution >= 0.6 is 0 Å². The maximum absolute atomic E-state index is 5.96. The predicted molar refractivity (Wildman–Crippen MR) is 67.9 cm³/mol. The molecule has 0 spiro atoms. The van der Waals surface area contributed by atoms with E-state index in [1.807, 2.05) is 12.1 Å². The van der Waals surface area contributed by atoms with Crippen molar-refractivity contribution in [2.45, 2.75) is 0 Å². The summed E-state index contributed by atoms with van der Waals surface area (Å²) in [6.07, 6.45) is 0. The summed E-state index contributed by atoms with van der Waals surface area (Å²) in [6.45, 7) is 0. The zero-order valence-corrected chi connectivity index (χ0v) is 10.6. The quantitative estimate of drug-likeness (QED) is 0.531. The van der Waals surface area contributed by atoms with Crippen molar-refractivity contribution in [1.82, 2.24) is 4.48 Å². The topological polar surface area (TPSA) is 26.0 Å². The molecule has 0 bridgehead atoms. The van der Waals surface area contributed by atoms with Crippen LogP contribution in [0.4, 0.5) is 11.4 Å². The van der Waals surface area contributed by atoms with Gasteiger partial charge in [0.05, 0.1) is 21.1 Å². The minimum atomic E-state index is 0. The van der Waals surface area contributed by atoms with Crippen LogP contribution in [0, 0.1) is 0 Å². The molecule has 0 aliphatic carbocycles. The van der Waals surface area contributed by atoms with Crippen LogP contribution in [0.5, 0.6) is 0 Å². The van der Waals surface area contributed by atoms with Gasteiger partial charge in [-0.05, 0) is 23.6 Å². The molecule has 2 aromatic rings. The van der Waals surface area contributed by atoms with Crippen molar-refractivity contribution in [2.24, 2.45) is 0 Å². The Balaban J connectivity index is 0.00000128. The average Bonchev–Trinajstić information content (AvgIpc) is 2.16. The van der Waals surface area contributed by atoms with Gasteiger partial charge in [-0.15, -0.1) is 0 Å². The number of nitrogen functional groups attached to an aromatic ring is 1. The van der Waals surface area contributed by atoms with E-state index in [1.165, 1.54) is 11.1 Å². The van der Waals surface area contributed by atoms with Gasteiger partial charge in [-0.1, -0.05) is 12.1 Å². The van der Waals surface area contributed by atoms with Crippen LogP contribution in [0.2, 0.25) is 0 Å². The fourth-order valence-corrected chi connectivity index (χ4v) is 1.70. The van der Waals surface area contributed by atoms with Crippen molar-refractivity contribution in [3.8, 4) is 0 Å². The van der Waals surface area contributed by atoms with Gasteiger partial charge in [-0.2, -0.15) is 0 Å². The second-order valence-corrected chi connectivity index (χ2v) is 4.77. The van der Waals surface area contributed by atoms with Gasteiger partial charge >= 0.3 is 0 Å². The Hall–Kier alpha value is -1.25. The number of anilines is 1. The normalized spacial score (nSPS) is 11.2. The maximum atomic E-state index is 5.96. The molecular formula is C13H17ClN2. The predicted octanol–water partition coefficient (Wildman–Crippen LogP) is -0.377. The first-order chi connectivity index (χ1) is 6.98. The number of quaternary nitrogens is 1. The molecule has 3 heteroatoms. The second-order valence-electron chi connectivity index (χ2n) is 4.77. The Morgan fingerprint density at radius 1 is 1.00 bits per heavy atom. The lowest BCUT2D eigenvalue weighted by atomic mass is 10.1. The summed E-state index contributed by atoms with van der Waals surface area (Å²) in [7, 11) is 6.46. The van der Waals surface area contributed by atoms with E-state index in [9.17, 15) is 0 Å². The molecule has 0 aliphatic rings. The summed E-state index contributed by atoms with van der Waals surface area (Å²) in [5.74, 6) is 0. The van der Waals surface area contributed by atoms with Gasteiger partial charge in [-0.3, -0.25) is 4.48 Å². The summed E-state index contributed by atoms with van der Waals surface area (Å²) in [4.78, 5) is 0. The van der Waals surface area contributed by atoms with Crippen LogP contribution < -0.4 is 22.6 Å². The molecule has 0 atom stereocenters. The number of nitrogens with zero attached hydrogens (tertiary/aromatic N) is 1. The number of hydrogen-bond acceptors (Lipinski definition) is 1. The highest BCUT2D eigenvalue weighted by atomic mass is 35.5. The molecule has 2 aromatic carbocycles. The van der Waals surface area contributed by atoms with Crippen molar-refractivity contribution in [1.29, 1.82) is 0 Å². The molecule has 86 valence electrons. The third kappa shape index (κ3) is 2.29. The smallest absolute Gasteiger partial charge is 0.132 e. The lowest BCUT2D eigenvalue weighted by Crippen LogP contribution is -3.00. The third-order valence-electron chi connectivity index (χ3n) is 2.67. The highest BCUT2D eigenvalue weighted by Crippen LogP contribution is 2.27. The number of fused-ring (bicyclic) bond motifs is 1. The minimum absolute atomic E-state index is 0. The van der Waals surface area contributed by atoms with E-state index < -0.39 is 0 Å². The van der Waals surface area contributed by atoms with Crippen LogP contribution in [0.15, 0.2) is 36.4 Å². The van der Waals surface area contributed by atoms with Crippen molar-refractivity contribution < 1.29 is 12.4 Å². The zero-order valence-electron chi connectivity index (χ0n) is 9.87. The molecule has 0 heterocycles. The third-order valence-corrected chi connectivity index (χ3v) is 2.67. The van der Waals surface area contributed by atoms with E-state index in [0.29, 0.717) is 0 Å². The molecule has 0 saturated carbocycles. The van der Waals surface area contributed by atoms with E-state index in [0.717, 1.165) is 15.6 Å². The summed E-state index contributed by atoms with van der Waals surface area (Å²) < 4.78 is 0.810. The molecule has 16 heavy (non-hydrogen) atoms. The van der Waals surface area contributed by atoms with Crippen molar-refractivity contribution in [2.75, 3.05) is 26.9 Å².